The Morgan fingerprint density at radius 1 is 0.545 bits per heavy atom. The van der Waals surface area contributed by atoms with Crippen LogP contribution in [-0.2, 0) is 14.2 Å². The minimum atomic E-state index is 0.206. The third-order valence-corrected chi connectivity index (χ3v) is 10.5. The van der Waals surface area contributed by atoms with Crippen LogP contribution < -0.4 is 0 Å². The van der Waals surface area contributed by atoms with E-state index in [0.29, 0.717) is 26.4 Å². The molecule has 0 bridgehead atoms. The van der Waals surface area contributed by atoms with Crippen LogP contribution in [0.25, 0.3) is 0 Å². The first-order chi connectivity index (χ1) is 10.8. The SMILES string of the molecule is C1CSC2(COCCOCCOCC3(C2)SCCCS3)SC1. The fraction of sp³-hybridized carbons (Fsp3) is 1.00. The van der Waals surface area contributed by atoms with Gasteiger partial charge in [-0.05, 0) is 42.3 Å². The van der Waals surface area contributed by atoms with Gasteiger partial charge < -0.3 is 14.2 Å². The molecule has 2 spiro atoms. The average Bonchev–Trinajstić information content (AvgIpc) is 2.54. The summed E-state index contributed by atoms with van der Waals surface area (Å²) < 4.78 is 18.0. The van der Waals surface area contributed by atoms with Gasteiger partial charge >= 0.3 is 0 Å². The van der Waals surface area contributed by atoms with Crippen molar-refractivity contribution in [2.45, 2.75) is 27.4 Å². The molecule has 0 atom stereocenters. The lowest BCUT2D eigenvalue weighted by atomic mass is 10.2. The van der Waals surface area contributed by atoms with Crippen LogP contribution in [0.3, 0.4) is 0 Å². The standard InChI is InChI=1S/C15H26O3S4/c1-7-19-14(20-8-1)11-15(21-9-2-10-22-15)13-18-6-4-16-3-5-17-12-14/h1-13H2. The Kier molecular flexibility index (Phi) is 7.49. The summed E-state index contributed by atoms with van der Waals surface area (Å²) in [6.45, 7) is 4.46. The van der Waals surface area contributed by atoms with Crippen molar-refractivity contribution in [2.75, 3.05) is 62.7 Å². The zero-order valence-corrected chi connectivity index (χ0v) is 16.3. The molecule has 0 amide bonds. The van der Waals surface area contributed by atoms with E-state index in [-0.39, 0.29) is 8.16 Å². The van der Waals surface area contributed by atoms with Gasteiger partial charge in [-0.15, -0.1) is 47.0 Å². The average molecular weight is 383 g/mol. The molecule has 3 aliphatic heterocycles. The molecule has 3 heterocycles. The van der Waals surface area contributed by atoms with Crippen molar-refractivity contribution in [1.29, 1.82) is 0 Å². The lowest BCUT2D eigenvalue weighted by molar-refractivity contribution is 0.00569. The first kappa shape index (κ1) is 18.1. The summed E-state index contributed by atoms with van der Waals surface area (Å²) in [4.78, 5) is 0. The van der Waals surface area contributed by atoms with Crippen LogP contribution in [-0.4, -0.2) is 70.8 Å². The molecule has 22 heavy (non-hydrogen) atoms. The second-order valence-corrected chi connectivity index (χ2v) is 12.2. The molecule has 3 aliphatic rings. The summed E-state index contributed by atoms with van der Waals surface area (Å²) in [5.41, 5.74) is 0. The Morgan fingerprint density at radius 2 is 0.955 bits per heavy atom. The zero-order chi connectivity index (χ0) is 15.1. The first-order valence-corrected chi connectivity index (χ1v) is 12.1. The number of hydrogen-bond donors (Lipinski definition) is 0. The minimum absolute atomic E-state index is 0.206. The van der Waals surface area contributed by atoms with E-state index in [9.17, 15) is 0 Å². The molecule has 0 aromatic carbocycles. The van der Waals surface area contributed by atoms with Crippen molar-refractivity contribution in [3.8, 4) is 0 Å². The predicted molar refractivity (Wildman–Crippen MR) is 102 cm³/mol. The fourth-order valence-corrected chi connectivity index (χ4v) is 10.0. The maximum Gasteiger partial charge on any atom is 0.0865 e. The molecular formula is C15H26O3S4. The molecule has 3 saturated heterocycles. The Bertz CT molecular complexity index is 301. The van der Waals surface area contributed by atoms with Crippen molar-refractivity contribution in [3.63, 3.8) is 0 Å². The van der Waals surface area contributed by atoms with Crippen molar-refractivity contribution in [1.82, 2.24) is 0 Å². The molecule has 0 radical (unpaired) electrons. The highest BCUT2D eigenvalue weighted by molar-refractivity contribution is 8.20. The van der Waals surface area contributed by atoms with Gasteiger partial charge in [0.2, 0.25) is 0 Å². The molecule has 7 heteroatoms. The molecule has 128 valence electrons. The number of thioether (sulfide) groups is 4. The van der Waals surface area contributed by atoms with Gasteiger partial charge in [0, 0.05) is 0 Å². The second-order valence-electron chi connectivity index (χ2n) is 5.82. The Hall–Kier alpha value is 1.28. The van der Waals surface area contributed by atoms with E-state index in [0.717, 1.165) is 13.2 Å². The lowest BCUT2D eigenvalue weighted by Crippen LogP contribution is -2.43. The number of ether oxygens (including phenoxy) is 3. The number of hydrogen-bond acceptors (Lipinski definition) is 7. The summed E-state index contributed by atoms with van der Waals surface area (Å²) in [6.07, 6.45) is 3.83. The van der Waals surface area contributed by atoms with Gasteiger partial charge in [0.05, 0.1) is 47.8 Å². The van der Waals surface area contributed by atoms with Crippen LogP contribution >= 0.6 is 47.0 Å². The smallest absolute Gasteiger partial charge is 0.0865 e. The molecule has 0 aromatic heterocycles. The topological polar surface area (TPSA) is 27.7 Å². The quantitative estimate of drug-likeness (QED) is 0.632. The van der Waals surface area contributed by atoms with E-state index in [4.69, 9.17) is 14.2 Å². The second kappa shape index (κ2) is 9.11. The monoisotopic (exact) mass is 382 g/mol. The molecule has 0 saturated carbocycles. The summed E-state index contributed by atoms with van der Waals surface area (Å²) in [7, 11) is 0. The van der Waals surface area contributed by atoms with Gasteiger partial charge in [0.25, 0.3) is 0 Å². The van der Waals surface area contributed by atoms with Crippen LogP contribution in [0.15, 0.2) is 0 Å². The van der Waals surface area contributed by atoms with E-state index in [1.54, 1.807) is 0 Å². The van der Waals surface area contributed by atoms with Gasteiger partial charge in [-0.25, -0.2) is 0 Å². The summed E-state index contributed by atoms with van der Waals surface area (Å²) in [5, 5.41) is 0. The molecule has 3 fully saturated rings. The van der Waals surface area contributed by atoms with Crippen molar-refractivity contribution >= 4 is 47.0 Å². The van der Waals surface area contributed by atoms with E-state index in [2.05, 4.69) is 47.0 Å². The lowest BCUT2D eigenvalue weighted by Gasteiger charge is -2.45. The largest absolute Gasteiger partial charge is 0.377 e. The molecule has 0 aliphatic carbocycles. The molecule has 3 nitrogen and oxygen atoms in total. The molecule has 0 unspecified atom stereocenters. The van der Waals surface area contributed by atoms with Gasteiger partial charge in [-0.3, -0.25) is 0 Å². The van der Waals surface area contributed by atoms with Crippen LogP contribution in [0, 0.1) is 0 Å². The van der Waals surface area contributed by atoms with Crippen molar-refractivity contribution < 1.29 is 14.2 Å². The maximum absolute atomic E-state index is 6.01. The van der Waals surface area contributed by atoms with Gasteiger partial charge in [-0.1, -0.05) is 0 Å². The van der Waals surface area contributed by atoms with Crippen molar-refractivity contribution in [2.24, 2.45) is 0 Å². The van der Waals surface area contributed by atoms with Crippen LogP contribution in [0.1, 0.15) is 19.3 Å². The summed E-state index contributed by atoms with van der Waals surface area (Å²) in [5.74, 6) is 5.05. The van der Waals surface area contributed by atoms with E-state index in [1.165, 1.54) is 42.3 Å². The van der Waals surface area contributed by atoms with Gasteiger partial charge in [0.15, 0.2) is 0 Å². The number of rotatable bonds is 0. The van der Waals surface area contributed by atoms with Crippen LogP contribution in [0.4, 0.5) is 0 Å². The molecule has 0 aromatic rings. The Labute approximate surface area is 151 Å². The maximum atomic E-state index is 6.01. The molecular weight excluding hydrogens is 356 g/mol. The first-order valence-electron chi connectivity index (χ1n) is 8.12. The van der Waals surface area contributed by atoms with E-state index >= 15 is 0 Å². The van der Waals surface area contributed by atoms with Gasteiger partial charge in [0.1, 0.15) is 0 Å². The van der Waals surface area contributed by atoms with Crippen molar-refractivity contribution in [3.05, 3.63) is 0 Å². The Morgan fingerprint density at radius 3 is 1.41 bits per heavy atom. The Balaban J connectivity index is 1.73. The zero-order valence-electron chi connectivity index (χ0n) is 13.1. The highest BCUT2D eigenvalue weighted by atomic mass is 32.2. The minimum Gasteiger partial charge on any atom is -0.377 e. The normalized spacial score (nSPS) is 30.5. The molecule has 0 N–H and O–H groups in total. The van der Waals surface area contributed by atoms with E-state index in [1.807, 2.05) is 0 Å². The van der Waals surface area contributed by atoms with Crippen LogP contribution in [0.2, 0.25) is 0 Å². The third-order valence-electron chi connectivity index (χ3n) is 3.96. The summed E-state index contributed by atoms with van der Waals surface area (Å²) in [6, 6.07) is 0. The fourth-order valence-electron chi connectivity index (χ4n) is 2.91. The predicted octanol–water partition coefficient (Wildman–Crippen LogP) is 3.57. The van der Waals surface area contributed by atoms with E-state index < -0.39 is 0 Å². The van der Waals surface area contributed by atoms with Gasteiger partial charge in [-0.2, -0.15) is 0 Å². The molecule has 3 rings (SSSR count). The van der Waals surface area contributed by atoms with Crippen LogP contribution in [0.5, 0.6) is 0 Å². The highest BCUT2D eigenvalue weighted by Crippen LogP contribution is 2.55. The third kappa shape index (κ3) is 5.14. The summed E-state index contributed by atoms with van der Waals surface area (Å²) >= 11 is 8.48. The highest BCUT2D eigenvalue weighted by Gasteiger charge is 2.45.